The first kappa shape index (κ1) is 19.1. The van der Waals surface area contributed by atoms with Crippen LogP contribution in [0.15, 0.2) is 52.9 Å². The normalized spacial score (nSPS) is 18.3. The third-order valence-electron chi connectivity index (χ3n) is 6.35. The summed E-state index contributed by atoms with van der Waals surface area (Å²) < 4.78 is 20.0. The van der Waals surface area contributed by atoms with Gasteiger partial charge < -0.3 is 19.5 Å². The maximum absolute atomic E-state index is 13.8. The number of fused-ring (bicyclic) bond motifs is 1. The van der Waals surface area contributed by atoms with Gasteiger partial charge >= 0.3 is 6.03 Å². The molecule has 30 heavy (non-hydrogen) atoms. The maximum atomic E-state index is 13.8. The lowest BCUT2D eigenvalue weighted by Crippen LogP contribution is -2.40. The van der Waals surface area contributed by atoms with E-state index in [1.165, 1.54) is 17.7 Å². The summed E-state index contributed by atoms with van der Waals surface area (Å²) in [6.07, 6.45) is 2.05. The van der Waals surface area contributed by atoms with Crippen LogP contribution in [-0.2, 0) is 0 Å². The Morgan fingerprint density at radius 3 is 2.57 bits per heavy atom. The number of hydrogen-bond acceptors (Lipinski definition) is 3. The molecule has 3 aromatic rings. The summed E-state index contributed by atoms with van der Waals surface area (Å²) in [5.74, 6) is 0.963. The molecule has 0 bridgehead atoms. The quantitative estimate of drug-likeness (QED) is 0.680. The van der Waals surface area contributed by atoms with Crippen LogP contribution in [0.3, 0.4) is 0 Å². The molecule has 0 atom stereocenters. The Balaban J connectivity index is 1.35. The highest BCUT2D eigenvalue weighted by molar-refractivity contribution is 5.88. The monoisotopic (exact) mass is 407 g/mol. The minimum absolute atomic E-state index is 0.0505. The van der Waals surface area contributed by atoms with Gasteiger partial charge in [0.15, 0.2) is 0 Å². The Morgan fingerprint density at radius 1 is 1.03 bits per heavy atom. The van der Waals surface area contributed by atoms with Crippen LogP contribution >= 0.6 is 0 Å². The summed E-state index contributed by atoms with van der Waals surface area (Å²) in [6, 6.07) is 15.0. The van der Waals surface area contributed by atoms with Gasteiger partial charge in [0.1, 0.15) is 17.2 Å². The fourth-order valence-electron chi connectivity index (χ4n) is 4.73. The van der Waals surface area contributed by atoms with Crippen LogP contribution in [0.1, 0.15) is 24.3 Å². The highest BCUT2D eigenvalue weighted by Gasteiger charge is 2.28. The van der Waals surface area contributed by atoms with Crippen molar-refractivity contribution < 1.29 is 13.6 Å². The zero-order valence-corrected chi connectivity index (χ0v) is 16.9. The van der Waals surface area contributed by atoms with E-state index in [9.17, 15) is 9.18 Å². The van der Waals surface area contributed by atoms with Crippen molar-refractivity contribution in [3.8, 4) is 11.3 Å². The Bertz CT molecular complexity index is 1040. The minimum Gasteiger partial charge on any atom is -0.456 e. The second-order valence-corrected chi connectivity index (χ2v) is 8.19. The van der Waals surface area contributed by atoms with E-state index in [1.807, 2.05) is 41.3 Å². The van der Waals surface area contributed by atoms with Crippen LogP contribution in [0.5, 0.6) is 0 Å². The van der Waals surface area contributed by atoms with Crippen LogP contribution in [-0.4, -0.2) is 55.1 Å². The average molecular weight is 407 g/mol. The lowest BCUT2D eigenvalue weighted by molar-refractivity contribution is 0.181. The Labute approximate surface area is 175 Å². The number of piperidine rings is 1. The van der Waals surface area contributed by atoms with Crippen LogP contribution in [0, 0.1) is 5.82 Å². The van der Waals surface area contributed by atoms with Crippen molar-refractivity contribution in [2.75, 3.05) is 39.3 Å². The van der Waals surface area contributed by atoms with Crippen LogP contribution in [0.25, 0.3) is 22.3 Å². The minimum atomic E-state index is -0.275. The Hall–Kier alpha value is -2.86. The number of rotatable bonds is 5. The van der Waals surface area contributed by atoms with Crippen LogP contribution in [0.4, 0.5) is 9.18 Å². The highest BCUT2D eigenvalue weighted by Crippen LogP contribution is 2.42. The molecule has 6 heteroatoms. The fourth-order valence-corrected chi connectivity index (χ4v) is 4.73. The van der Waals surface area contributed by atoms with Gasteiger partial charge in [0, 0.05) is 48.8 Å². The van der Waals surface area contributed by atoms with Gasteiger partial charge in [-0.25, -0.2) is 9.18 Å². The number of nitrogens with zero attached hydrogens (tertiary/aromatic N) is 2. The Kier molecular flexibility index (Phi) is 5.17. The molecule has 0 radical (unpaired) electrons. The number of benzene rings is 2. The number of halogens is 1. The van der Waals surface area contributed by atoms with Crippen LogP contribution < -0.4 is 5.32 Å². The standard InChI is InChI=1S/C24H26FN3O2/c25-19-6-7-20-21(16-19)30-23(18-4-2-1-3-5-18)22(20)17-8-11-27(12-9-17)14-15-28-13-10-26-24(28)29/h1-7,16-17H,8-15H2,(H,26,29). The summed E-state index contributed by atoms with van der Waals surface area (Å²) >= 11 is 0. The molecule has 2 aromatic carbocycles. The number of urea groups is 1. The van der Waals surface area contributed by atoms with Gasteiger partial charge in [0.25, 0.3) is 0 Å². The molecule has 1 aromatic heterocycles. The number of nitrogens with one attached hydrogen (secondary N) is 1. The second kappa shape index (κ2) is 8.11. The zero-order valence-electron chi connectivity index (χ0n) is 16.9. The van der Waals surface area contributed by atoms with E-state index in [1.54, 1.807) is 0 Å². The van der Waals surface area contributed by atoms with Gasteiger partial charge in [-0.05, 0) is 44.0 Å². The largest absolute Gasteiger partial charge is 0.456 e. The number of likely N-dealkylation sites (tertiary alicyclic amines) is 1. The molecular formula is C24H26FN3O2. The van der Waals surface area contributed by atoms with Crippen molar-refractivity contribution in [1.82, 2.24) is 15.1 Å². The molecule has 2 aliphatic rings. The molecule has 2 fully saturated rings. The number of furan rings is 1. The smallest absolute Gasteiger partial charge is 0.317 e. The maximum Gasteiger partial charge on any atom is 0.317 e. The van der Waals surface area contributed by atoms with E-state index in [0.717, 1.165) is 68.8 Å². The van der Waals surface area contributed by atoms with E-state index in [-0.39, 0.29) is 11.8 Å². The van der Waals surface area contributed by atoms with Crippen molar-refractivity contribution in [2.24, 2.45) is 0 Å². The first-order valence-corrected chi connectivity index (χ1v) is 10.7. The van der Waals surface area contributed by atoms with E-state index in [0.29, 0.717) is 11.5 Å². The highest BCUT2D eigenvalue weighted by atomic mass is 19.1. The molecule has 2 amide bonds. The summed E-state index contributed by atoms with van der Waals surface area (Å²) in [6.45, 7) is 5.21. The lowest BCUT2D eigenvalue weighted by atomic mass is 9.86. The van der Waals surface area contributed by atoms with Gasteiger partial charge in [-0.2, -0.15) is 0 Å². The summed E-state index contributed by atoms with van der Waals surface area (Å²) in [5.41, 5.74) is 2.85. The van der Waals surface area contributed by atoms with Crippen LogP contribution in [0.2, 0.25) is 0 Å². The van der Waals surface area contributed by atoms with E-state index >= 15 is 0 Å². The second-order valence-electron chi connectivity index (χ2n) is 8.19. The third-order valence-corrected chi connectivity index (χ3v) is 6.35. The summed E-state index contributed by atoms with van der Waals surface area (Å²) in [7, 11) is 0. The molecule has 3 heterocycles. The number of hydrogen-bond donors (Lipinski definition) is 1. The molecule has 5 nitrogen and oxygen atoms in total. The van der Waals surface area contributed by atoms with Crippen molar-refractivity contribution in [1.29, 1.82) is 0 Å². The number of amides is 2. The molecule has 0 spiro atoms. The van der Waals surface area contributed by atoms with Gasteiger partial charge in [-0.15, -0.1) is 0 Å². The number of carbonyl (C=O) groups excluding carboxylic acids is 1. The zero-order chi connectivity index (χ0) is 20.5. The van der Waals surface area contributed by atoms with Gasteiger partial charge in [-0.1, -0.05) is 30.3 Å². The molecule has 2 saturated heterocycles. The average Bonchev–Trinajstić information content (AvgIpc) is 3.36. The molecule has 156 valence electrons. The van der Waals surface area contributed by atoms with Gasteiger partial charge in [-0.3, -0.25) is 0 Å². The van der Waals surface area contributed by atoms with Crippen molar-refractivity contribution in [3.63, 3.8) is 0 Å². The van der Waals surface area contributed by atoms with Gasteiger partial charge in [0.2, 0.25) is 0 Å². The molecule has 0 saturated carbocycles. The SMILES string of the molecule is O=C1NCCN1CCN1CCC(c2c(-c3ccccc3)oc3cc(F)ccc23)CC1. The van der Waals surface area contributed by atoms with E-state index in [4.69, 9.17) is 4.42 Å². The lowest BCUT2D eigenvalue weighted by Gasteiger charge is -2.33. The molecule has 0 aliphatic carbocycles. The summed E-state index contributed by atoms with van der Waals surface area (Å²) in [4.78, 5) is 16.1. The third kappa shape index (κ3) is 3.67. The molecule has 0 unspecified atom stereocenters. The first-order valence-electron chi connectivity index (χ1n) is 10.7. The number of carbonyl (C=O) groups is 1. The predicted octanol–water partition coefficient (Wildman–Crippen LogP) is 4.44. The van der Waals surface area contributed by atoms with Crippen molar-refractivity contribution in [3.05, 3.63) is 59.9 Å². The summed E-state index contributed by atoms with van der Waals surface area (Å²) in [5, 5.41) is 3.87. The molecule has 2 aliphatic heterocycles. The van der Waals surface area contributed by atoms with Gasteiger partial charge in [0.05, 0.1) is 0 Å². The predicted molar refractivity (Wildman–Crippen MR) is 115 cm³/mol. The first-order chi connectivity index (χ1) is 14.7. The topological polar surface area (TPSA) is 48.7 Å². The molecule has 1 N–H and O–H groups in total. The van der Waals surface area contributed by atoms with Crippen molar-refractivity contribution in [2.45, 2.75) is 18.8 Å². The molecular weight excluding hydrogens is 381 g/mol. The van der Waals surface area contributed by atoms with E-state index < -0.39 is 0 Å². The van der Waals surface area contributed by atoms with E-state index in [2.05, 4.69) is 10.2 Å². The van der Waals surface area contributed by atoms with Crippen molar-refractivity contribution >= 4 is 17.0 Å². The molecule has 5 rings (SSSR count). The fraction of sp³-hybridized carbons (Fsp3) is 0.375. The Morgan fingerprint density at radius 2 is 1.83 bits per heavy atom.